The molecule has 2 amide bonds. The molecule has 17 heavy (non-hydrogen) atoms. The molecule has 0 bridgehead atoms. The molecule has 0 radical (unpaired) electrons. The summed E-state index contributed by atoms with van der Waals surface area (Å²) in [6.07, 6.45) is 2.03. The molecular weight excluding hydrogens is 220 g/mol. The summed E-state index contributed by atoms with van der Waals surface area (Å²) in [5.74, 6) is -0.373. The second-order valence-corrected chi connectivity index (χ2v) is 5.23. The van der Waals surface area contributed by atoms with Crippen LogP contribution in [0.5, 0.6) is 0 Å². The molecule has 0 rings (SSSR count). The Labute approximate surface area is 103 Å². The molecule has 0 aromatic carbocycles. The van der Waals surface area contributed by atoms with Crippen LogP contribution in [0.4, 0.5) is 4.79 Å². The van der Waals surface area contributed by atoms with Crippen LogP contribution in [-0.4, -0.2) is 24.1 Å². The standard InChI is InChI=1S/C12H24N2O3/c1-9(10(13)15)7-5-6-8-14-11(16)17-12(2,3)4/h9H,5-8H2,1-4H3,(H2,13,15)(H,14,16). The Hall–Kier alpha value is -1.26. The van der Waals surface area contributed by atoms with Crippen LogP contribution >= 0.6 is 0 Å². The van der Waals surface area contributed by atoms with Gasteiger partial charge in [-0.2, -0.15) is 0 Å². The number of hydrogen-bond donors (Lipinski definition) is 2. The Morgan fingerprint density at radius 1 is 1.29 bits per heavy atom. The highest BCUT2D eigenvalue weighted by atomic mass is 16.6. The molecule has 0 aliphatic heterocycles. The third-order valence-corrected chi connectivity index (χ3v) is 2.22. The summed E-state index contributed by atoms with van der Waals surface area (Å²) in [6.45, 7) is 7.83. The first kappa shape index (κ1) is 15.7. The van der Waals surface area contributed by atoms with Gasteiger partial charge in [-0.3, -0.25) is 4.79 Å². The number of hydrogen-bond acceptors (Lipinski definition) is 3. The summed E-state index contributed by atoms with van der Waals surface area (Å²) in [4.78, 5) is 22.0. The molecule has 0 saturated carbocycles. The van der Waals surface area contributed by atoms with Gasteiger partial charge in [0.1, 0.15) is 5.60 Å². The van der Waals surface area contributed by atoms with Crippen molar-refractivity contribution in [2.45, 2.75) is 52.6 Å². The number of amides is 2. The second kappa shape index (κ2) is 7.14. The molecule has 1 unspecified atom stereocenters. The van der Waals surface area contributed by atoms with Gasteiger partial charge in [0.15, 0.2) is 0 Å². The van der Waals surface area contributed by atoms with E-state index in [-0.39, 0.29) is 11.8 Å². The van der Waals surface area contributed by atoms with E-state index in [1.54, 1.807) is 0 Å². The zero-order valence-electron chi connectivity index (χ0n) is 11.2. The number of carbonyl (C=O) groups is 2. The Morgan fingerprint density at radius 3 is 2.35 bits per heavy atom. The number of ether oxygens (including phenoxy) is 1. The Kier molecular flexibility index (Phi) is 6.61. The number of nitrogens with two attached hydrogens (primary N) is 1. The highest BCUT2D eigenvalue weighted by Gasteiger charge is 2.15. The lowest BCUT2D eigenvalue weighted by molar-refractivity contribution is -0.121. The highest BCUT2D eigenvalue weighted by Crippen LogP contribution is 2.08. The van der Waals surface area contributed by atoms with Gasteiger partial charge in [0, 0.05) is 12.5 Å². The summed E-state index contributed by atoms with van der Waals surface area (Å²) in [5.41, 5.74) is 4.67. The molecule has 5 heteroatoms. The first-order valence-electron chi connectivity index (χ1n) is 5.98. The van der Waals surface area contributed by atoms with E-state index in [1.807, 2.05) is 27.7 Å². The molecule has 0 heterocycles. The Morgan fingerprint density at radius 2 is 1.88 bits per heavy atom. The third-order valence-electron chi connectivity index (χ3n) is 2.22. The smallest absolute Gasteiger partial charge is 0.407 e. The predicted octanol–water partition coefficient (Wildman–Crippen LogP) is 1.80. The van der Waals surface area contributed by atoms with Crippen molar-refractivity contribution in [3.8, 4) is 0 Å². The van der Waals surface area contributed by atoms with Crippen molar-refractivity contribution in [1.82, 2.24) is 5.32 Å². The summed E-state index contributed by atoms with van der Waals surface area (Å²) in [5, 5.41) is 2.66. The van der Waals surface area contributed by atoms with Gasteiger partial charge in [0.05, 0.1) is 0 Å². The number of rotatable bonds is 6. The van der Waals surface area contributed by atoms with Gasteiger partial charge in [0.2, 0.25) is 5.91 Å². The number of nitrogens with one attached hydrogen (secondary N) is 1. The van der Waals surface area contributed by atoms with Crippen molar-refractivity contribution < 1.29 is 14.3 Å². The molecule has 0 saturated heterocycles. The van der Waals surface area contributed by atoms with E-state index >= 15 is 0 Å². The van der Waals surface area contributed by atoms with Gasteiger partial charge >= 0.3 is 6.09 Å². The van der Waals surface area contributed by atoms with Crippen molar-refractivity contribution in [2.75, 3.05) is 6.54 Å². The van der Waals surface area contributed by atoms with E-state index in [2.05, 4.69) is 5.32 Å². The fraction of sp³-hybridized carbons (Fsp3) is 0.833. The minimum absolute atomic E-state index is 0.100. The van der Waals surface area contributed by atoms with Crippen LogP contribution in [-0.2, 0) is 9.53 Å². The maximum atomic E-state index is 11.3. The van der Waals surface area contributed by atoms with Gasteiger partial charge in [0.25, 0.3) is 0 Å². The summed E-state index contributed by atoms with van der Waals surface area (Å²) >= 11 is 0. The quantitative estimate of drug-likeness (QED) is 0.699. The summed E-state index contributed by atoms with van der Waals surface area (Å²) in [6, 6.07) is 0. The van der Waals surface area contributed by atoms with Gasteiger partial charge in [-0.05, 0) is 33.6 Å². The first-order chi connectivity index (χ1) is 7.72. The molecule has 5 nitrogen and oxygen atoms in total. The van der Waals surface area contributed by atoms with Gasteiger partial charge in [-0.15, -0.1) is 0 Å². The van der Waals surface area contributed by atoms with E-state index in [0.29, 0.717) is 6.54 Å². The Bertz CT molecular complexity index is 259. The lowest BCUT2D eigenvalue weighted by Crippen LogP contribution is -2.33. The largest absolute Gasteiger partial charge is 0.444 e. The average molecular weight is 244 g/mol. The molecular formula is C12H24N2O3. The molecule has 1 atom stereocenters. The monoisotopic (exact) mass is 244 g/mol. The van der Waals surface area contributed by atoms with Gasteiger partial charge < -0.3 is 15.8 Å². The lowest BCUT2D eigenvalue weighted by Gasteiger charge is -2.19. The second-order valence-electron chi connectivity index (χ2n) is 5.23. The van der Waals surface area contributed by atoms with Crippen molar-refractivity contribution in [1.29, 1.82) is 0 Å². The normalized spacial score (nSPS) is 12.9. The zero-order chi connectivity index (χ0) is 13.5. The van der Waals surface area contributed by atoms with Crippen LogP contribution in [0.2, 0.25) is 0 Å². The lowest BCUT2D eigenvalue weighted by atomic mass is 10.0. The van der Waals surface area contributed by atoms with Crippen molar-refractivity contribution in [2.24, 2.45) is 11.7 Å². The number of unbranched alkanes of at least 4 members (excludes halogenated alkanes) is 1. The molecule has 0 aliphatic carbocycles. The first-order valence-corrected chi connectivity index (χ1v) is 5.98. The fourth-order valence-corrected chi connectivity index (χ4v) is 1.22. The van der Waals surface area contributed by atoms with E-state index < -0.39 is 11.7 Å². The number of alkyl carbamates (subject to hydrolysis) is 1. The van der Waals surface area contributed by atoms with Crippen LogP contribution in [0.3, 0.4) is 0 Å². The van der Waals surface area contributed by atoms with Gasteiger partial charge in [-0.25, -0.2) is 4.79 Å². The molecule has 0 aromatic heterocycles. The predicted molar refractivity (Wildman–Crippen MR) is 66.4 cm³/mol. The van der Waals surface area contributed by atoms with E-state index in [9.17, 15) is 9.59 Å². The fourth-order valence-electron chi connectivity index (χ4n) is 1.22. The minimum Gasteiger partial charge on any atom is -0.444 e. The average Bonchev–Trinajstić information content (AvgIpc) is 2.13. The zero-order valence-corrected chi connectivity index (χ0v) is 11.2. The van der Waals surface area contributed by atoms with E-state index in [4.69, 9.17) is 10.5 Å². The van der Waals surface area contributed by atoms with Crippen LogP contribution in [0.15, 0.2) is 0 Å². The van der Waals surface area contributed by atoms with Gasteiger partial charge in [-0.1, -0.05) is 13.3 Å². The minimum atomic E-state index is -0.468. The molecule has 0 fully saturated rings. The SMILES string of the molecule is CC(CCCCNC(=O)OC(C)(C)C)C(N)=O. The maximum Gasteiger partial charge on any atom is 0.407 e. The maximum absolute atomic E-state index is 11.3. The van der Waals surface area contributed by atoms with Crippen molar-refractivity contribution in [3.63, 3.8) is 0 Å². The summed E-state index contributed by atoms with van der Waals surface area (Å²) in [7, 11) is 0. The molecule has 100 valence electrons. The van der Waals surface area contributed by atoms with Crippen molar-refractivity contribution in [3.05, 3.63) is 0 Å². The highest BCUT2D eigenvalue weighted by molar-refractivity contribution is 5.76. The van der Waals surface area contributed by atoms with Crippen molar-refractivity contribution >= 4 is 12.0 Å². The topological polar surface area (TPSA) is 81.4 Å². The summed E-state index contributed by atoms with van der Waals surface area (Å²) < 4.78 is 5.08. The molecule has 3 N–H and O–H groups in total. The van der Waals surface area contributed by atoms with E-state index in [1.165, 1.54) is 0 Å². The van der Waals surface area contributed by atoms with E-state index in [0.717, 1.165) is 19.3 Å². The number of primary amides is 1. The van der Waals surface area contributed by atoms with Crippen LogP contribution < -0.4 is 11.1 Å². The molecule has 0 spiro atoms. The van der Waals surface area contributed by atoms with Crippen LogP contribution in [0.1, 0.15) is 47.0 Å². The van der Waals surface area contributed by atoms with Crippen LogP contribution in [0.25, 0.3) is 0 Å². The number of carbonyl (C=O) groups excluding carboxylic acids is 2. The molecule has 0 aliphatic rings. The van der Waals surface area contributed by atoms with Crippen LogP contribution in [0, 0.1) is 5.92 Å². The third kappa shape index (κ3) is 9.66. The Balaban J connectivity index is 3.52. The molecule has 0 aromatic rings.